The van der Waals surface area contributed by atoms with Crippen molar-refractivity contribution in [2.24, 2.45) is 46.3 Å². The Kier molecular flexibility index (Phi) is 7.84. The fourth-order valence-electron chi connectivity index (χ4n) is 9.24. The number of aliphatic hydroxyl groups is 1. The summed E-state index contributed by atoms with van der Waals surface area (Å²) in [7, 11) is -4.48. The van der Waals surface area contributed by atoms with Crippen LogP contribution in [0.5, 0.6) is 0 Å². The third-order valence-electron chi connectivity index (χ3n) is 10.9. The van der Waals surface area contributed by atoms with E-state index in [0.29, 0.717) is 49.4 Å². The molecule has 4 N–H and O–H groups in total. The molecule has 10 atom stereocenters. The number of hydrogen-bond donors (Lipinski definition) is 4. The molecule has 1 amide bonds. The minimum atomic E-state index is -4.48. The van der Waals surface area contributed by atoms with E-state index in [2.05, 4.69) is 26.1 Å². The van der Waals surface area contributed by atoms with Crippen LogP contribution in [0.2, 0.25) is 0 Å². The second-order valence-electron chi connectivity index (χ2n) is 12.6. The molecule has 0 unspecified atom stereocenters. The quantitative estimate of drug-likeness (QED) is 0.349. The summed E-state index contributed by atoms with van der Waals surface area (Å²) >= 11 is 0. The highest BCUT2D eigenvalue weighted by Crippen LogP contribution is 2.68. The van der Waals surface area contributed by atoms with Crippen LogP contribution in [0, 0.1) is 46.3 Å². The molecule has 9 nitrogen and oxygen atoms in total. The number of rotatable bonds is 8. The lowest BCUT2D eigenvalue weighted by Gasteiger charge is -2.62. The second kappa shape index (κ2) is 10.2. The van der Waals surface area contributed by atoms with Gasteiger partial charge in [0, 0.05) is 6.42 Å². The van der Waals surface area contributed by atoms with Crippen molar-refractivity contribution in [2.45, 2.75) is 97.2 Å². The molecule has 10 heteroatoms. The van der Waals surface area contributed by atoms with E-state index in [4.69, 9.17) is 13.8 Å². The van der Waals surface area contributed by atoms with Crippen LogP contribution in [-0.4, -0.2) is 53.8 Å². The maximum Gasteiger partial charge on any atom is 0.397 e. The first-order valence-electron chi connectivity index (χ1n) is 13.6. The monoisotopic (exact) mass is 529 g/mol. The number of hydrogen-bond acceptors (Lipinski definition) is 6. The number of carboxylic acids is 1. The lowest BCUT2D eigenvalue weighted by molar-refractivity contribution is -0.172. The predicted octanol–water partition coefficient (Wildman–Crippen LogP) is 3.42. The molecule has 0 bridgehead atoms. The molecule has 0 aromatic carbocycles. The minimum Gasteiger partial charge on any atom is -0.480 e. The first-order valence-corrected chi connectivity index (χ1v) is 14.9. The summed E-state index contributed by atoms with van der Waals surface area (Å²) < 4.78 is 36.6. The minimum absolute atomic E-state index is 0.0240. The smallest absolute Gasteiger partial charge is 0.397 e. The van der Waals surface area contributed by atoms with Gasteiger partial charge in [-0.1, -0.05) is 20.8 Å². The summed E-state index contributed by atoms with van der Waals surface area (Å²) in [5.41, 5.74) is 0.129. The fraction of sp³-hybridized carbons (Fsp3) is 0.923. The van der Waals surface area contributed by atoms with Gasteiger partial charge in [-0.25, -0.2) is 4.18 Å². The van der Waals surface area contributed by atoms with Crippen LogP contribution in [-0.2, 0) is 24.2 Å². The van der Waals surface area contributed by atoms with E-state index in [1.807, 2.05) is 0 Å². The molecule has 0 aromatic rings. The van der Waals surface area contributed by atoms with Gasteiger partial charge in [0.2, 0.25) is 5.91 Å². The zero-order valence-electron chi connectivity index (χ0n) is 21.7. The summed E-state index contributed by atoms with van der Waals surface area (Å²) in [4.78, 5) is 22.8. The Morgan fingerprint density at radius 2 is 1.72 bits per heavy atom. The summed E-state index contributed by atoms with van der Waals surface area (Å²) in [6.45, 7) is 6.56. The Morgan fingerprint density at radius 3 is 2.39 bits per heavy atom. The Hall–Kier alpha value is -1.23. The molecule has 0 radical (unpaired) electrons. The normalized spacial score (nSPS) is 43.1. The average Bonchev–Trinajstić information content (AvgIpc) is 3.13. The number of carbonyl (C=O) groups excluding carboxylic acids is 1. The van der Waals surface area contributed by atoms with Crippen molar-refractivity contribution in [3.8, 4) is 0 Å². The molecule has 206 valence electrons. The summed E-state index contributed by atoms with van der Waals surface area (Å²) in [6, 6.07) is 0. The zero-order valence-corrected chi connectivity index (χ0v) is 22.5. The largest absolute Gasteiger partial charge is 0.480 e. The van der Waals surface area contributed by atoms with Crippen molar-refractivity contribution in [1.82, 2.24) is 5.32 Å². The van der Waals surface area contributed by atoms with E-state index >= 15 is 0 Å². The molecule has 4 rings (SSSR count). The number of carboxylic acid groups (broad SMARTS) is 1. The SMILES string of the molecule is C[C@H](CCC(=O)NCC(=O)O)[C@H]1CC[C@H]2[C@@H]3[C@H](O)C[C@@H]4C[C@H](OS(=O)(=O)O)CC[C@]4(C)[C@H]3CC[C@]12C. The van der Waals surface area contributed by atoms with Crippen LogP contribution in [0.4, 0.5) is 0 Å². The Balaban J connectivity index is 1.43. The highest BCUT2D eigenvalue weighted by molar-refractivity contribution is 7.80. The first-order chi connectivity index (χ1) is 16.7. The molecule has 0 aliphatic heterocycles. The number of carbonyl (C=O) groups is 2. The van der Waals surface area contributed by atoms with Gasteiger partial charge in [-0.2, -0.15) is 8.42 Å². The van der Waals surface area contributed by atoms with E-state index in [1.54, 1.807) is 0 Å². The summed E-state index contributed by atoms with van der Waals surface area (Å²) in [6.07, 6.45) is 6.98. The van der Waals surface area contributed by atoms with Crippen LogP contribution >= 0.6 is 0 Å². The molecule has 36 heavy (non-hydrogen) atoms. The molecular formula is C26H43NO8S. The Labute approximate surface area is 214 Å². The molecule has 0 aromatic heterocycles. The lowest BCUT2D eigenvalue weighted by atomic mass is 9.43. The molecule has 4 fully saturated rings. The number of nitrogens with one attached hydrogen (secondary N) is 1. The second-order valence-corrected chi connectivity index (χ2v) is 13.7. The predicted molar refractivity (Wildman–Crippen MR) is 132 cm³/mol. The fourth-order valence-corrected chi connectivity index (χ4v) is 9.76. The third-order valence-corrected chi connectivity index (χ3v) is 11.4. The van der Waals surface area contributed by atoms with Gasteiger partial charge in [-0.3, -0.25) is 14.1 Å². The molecule has 0 heterocycles. The van der Waals surface area contributed by atoms with Crippen molar-refractivity contribution in [1.29, 1.82) is 0 Å². The first kappa shape index (κ1) is 27.8. The van der Waals surface area contributed by atoms with E-state index in [1.165, 1.54) is 0 Å². The molecular weight excluding hydrogens is 486 g/mol. The maximum atomic E-state index is 12.1. The molecule has 4 saturated carbocycles. The number of fused-ring (bicyclic) bond motifs is 5. The van der Waals surface area contributed by atoms with Gasteiger partial charge in [-0.05, 0) is 104 Å². The van der Waals surface area contributed by atoms with Gasteiger partial charge < -0.3 is 15.5 Å². The number of aliphatic carboxylic acids is 1. The third kappa shape index (κ3) is 5.33. The van der Waals surface area contributed by atoms with Crippen molar-refractivity contribution < 1.29 is 37.0 Å². The summed E-state index contributed by atoms with van der Waals surface area (Å²) in [5.74, 6) is 0.732. The van der Waals surface area contributed by atoms with Crippen molar-refractivity contribution >= 4 is 22.3 Å². The van der Waals surface area contributed by atoms with Crippen LogP contribution in [0.15, 0.2) is 0 Å². The maximum absolute atomic E-state index is 12.1. The van der Waals surface area contributed by atoms with Gasteiger partial charge in [0.15, 0.2) is 0 Å². The van der Waals surface area contributed by atoms with Crippen LogP contribution in [0.25, 0.3) is 0 Å². The van der Waals surface area contributed by atoms with Gasteiger partial charge >= 0.3 is 16.4 Å². The van der Waals surface area contributed by atoms with Gasteiger partial charge in [0.25, 0.3) is 0 Å². The molecule has 4 aliphatic carbocycles. The van der Waals surface area contributed by atoms with E-state index in [9.17, 15) is 23.1 Å². The van der Waals surface area contributed by atoms with Crippen LogP contribution < -0.4 is 5.32 Å². The number of amides is 1. The number of aliphatic hydroxyl groups excluding tert-OH is 1. The van der Waals surface area contributed by atoms with Crippen molar-refractivity contribution in [3.05, 3.63) is 0 Å². The average molecular weight is 530 g/mol. The topological polar surface area (TPSA) is 150 Å². The Morgan fingerprint density at radius 1 is 1.06 bits per heavy atom. The van der Waals surface area contributed by atoms with Crippen molar-refractivity contribution in [3.63, 3.8) is 0 Å². The Bertz CT molecular complexity index is 956. The van der Waals surface area contributed by atoms with E-state index in [0.717, 1.165) is 38.5 Å². The van der Waals surface area contributed by atoms with Crippen LogP contribution in [0.3, 0.4) is 0 Å². The van der Waals surface area contributed by atoms with E-state index in [-0.39, 0.29) is 35.1 Å². The lowest BCUT2D eigenvalue weighted by Crippen LogP contribution is -2.58. The van der Waals surface area contributed by atoms with Gasteiger partial charge in [-0.15, -0.1) is 0 Å². The van der Waals surface area contributed by atoms with Crippen molar-refractivity contribution in [2.75, 3.05) is 6.54 Å². The van der Waals surface area contributed by atoms with Crippen LogP contribution in [0.1, 0.15) is 85.0 Å². The summed E-state index contributed by atoms with van der Waals surface area (Å²) in [5, 5.41) is 22.7. The standard InChI is InChI=1S/C26H43NO8S/c1-15(4-7-22(29)27-14-23(30)31)18-5-6-19-24-20(9-11-26(18,19)3)25(2)10-8-17(35-36(32,33)34)12-16(25)13-21(24)28/h15-21,24,28H,4-14H2,1-3H3,(H,27,29)(H,30,31)(H,32,33,34)/t15-,16+,17-,18-,19+,20+,21-,24+,25+,26-/m1/s1. The highest BCUT2D eigenvalue weighted by atomic mass is 32.3. The molecule has 0 saturated heterocycles. The molecule has 4 aliphatic rings. The molecule has 0 spiro atoms. The van der Waals surface area contributed by atoms with Gasteiger partial charge in [0.1, 0.15) is 6.54 Å². The van der Waals surface area contributed by atoms with E-state index < -0.39 is 28.6 Å². The van der Waals surface area contributed by atoms with Gasteiger partial charge in [0.05, 0.1) is 12.2 Å². The highest BCUT2D eigenvalue weighted by Gasteiger charge is 2.63. The zero-order chi connectivity index (χ0) is 26.5.